The van der Waals surface area contributed by atoms with Gasteiger partial charge in [-0.15, -0.1) is 0 Å². The maximum absolute atomic E-state index is 11.8. The summed E-state index contributed by atoms with van der Waals surface area (Å²) in [4.78, 5) is 15.4. The van der Waals surface area contributed by atoms with Crippen molar-refractivity contribution in [2.24, 2.45) is 0 Å². The summed E-state index contributed by atoms with van der Waals surface area (Å²) < 4.78 is 11.0. The molecule has 0 N–H and O–H groups in total. The second-order valence-electron chi connectivity index (χ2n) is 5.24. The Hall–Kier alpha value is -1.59. The fourth-order valence-corrected chi connectivity index (χ4v) is 2.18. The highest BCUT2D eigenvalue weighted by molar-refractivity contribution is 5.70. The average molecular weight is 278 g/mol. The van der Waals surface area contributed by atoms with Gasteiger partial charge in [-0.25, -0.2) is 4.79 Å². The fourth-order valence-electron chi connectivity index (χ4n) is 2.18. The van der Waals surface area contributed by atoms with E-state index < -0.39 is 0 Å². The highest BCUT2D eigenvalue weighted by atomic mass is 16.6. The summed E-state index contributed by atoms with van der Waals surface area (Å²) >= 11 is 0. The molecule has 0 aliphatic carbocycles. The molecule has 1 heterocycles. The quantitative estimate of drug-likeness (QED) is 0.850. The lowest BCUT2D eigenvalue weighted by molar-refractivity contribution is 0.0504. The first kappa shape index (κ1) is 14.8. The number of likely N-dealkylation sites (N-methyl/N-ethyl adjacent to an activating group) is 1. The van der Waals surface area contributed by atoms with E-state index in [0.717, 1.165) is 5.56 Å². The van der Waals surface area contributed by atoms with Gasteiger partial charge in [-0.1, -0.05) is 6.07 Å². The van der Waals surface area contributed by atoms with Gasteiger partial charge in [0.2, 0.25) is 0 Å². The third kappa shape index (κ3) is 3.11. The fraction of sp³-hybridized carbons (Fsp3) is 0.533. The highest BCUT2D eigenvalue weighted by Gasteiger charge is 2.23. The molecule has 0 radical (unpaired) electrons. The van der Waals surface area contributed by atoms with Crippen LogP contribution in [0, 0.1) is 0 Å². The van der Waals surface area contributed by atoms with Crippen molar-refractivity contribution in [3.63, 3.8) is 0 Å². The Labute approximate surface area is 120 Å². The number of hydrogen-bond donors (Lipinski definition) is 0. The summed E-state index contributed by atoms with van der Waals surface area (Å²) in [6.45, 7) is 3.81. The summed E-state index contributed by atoms with van der Waals surface area (Å²) in [6, 6.07) is 5.94. The molecule has 0 fully saturated rings. The van der Waals surface area contributed by atoms with Crippen molar-refractivity contribution in [1.29, 1.82) is 0 Å². The van der Waals surface area contributed by atoms with Gasteiger partial charge in [0.25, 0.3) is 0 Å². The molecule has 1 aromatic rings. The van der Waals surface area contributed by atoms with E-state index in [4.69, 9.17) is 9.47 Å². The van der Waals surface area contributed by atoms with Gasteiger partial charge in [-0.3, -0.25) is 0 Å². The maximum Gasteiger partial charge on any atom is 0.414 e. The highest BCUT2D eigenvalue weighted by Crippen LogP contribution is 2.31. The number of hydrogen-bond acceptors (Lipinski definition) is 4. The summed E-state index contributed by atoms with van der Waals surface area (Å²) in [5, 5.41) is 0. The largest absolute Gasteiger partial charge is 0.414 e. The van der Waals surface area contributed by atoms with Gasteiger partial charge in [0.1, 0.15) is 5.75 Å². The second-order valence-corrected chi connectivity index (χ2v) is 5.24. The van der Waals surface area contributed by atoms with Crippen molar-refractivity contribution in [3.05, 3.63) is 29.3 Å². The van der Waals surface area contributed by atoms with Crippen LogP contribution in [0.15, 0.2) is 18.2 Å². The second kappa shape index (κ2) is 6.24. The Bertz CT molecular complexity index is 488. The Morgan fingerprint density at radius 3 is 2.80 bits per heavy atom. The van der Waals surface area contributed by atoms with E-state index >= 15 is 0 Å². The first-order valence-electron chi connectivity index (χ1n) is 6.83. The van der Waals surface area contributed by atoms with Gasteiger partial charge in [-0.05, 0) is 44.3 Å². The van der Waals surface area contributed by atoms with E-state index in [-0.39, 0.29) is 12.1 Å². The molecule has 1 atom stereocenters. The van der Waals surface area contributed by atoms with Crippen LogP contribution < -0.4 is 4.74 Å². The molecule has 0 saturated heterocycles. The molecule has 20 heavy (non-hydrogen) atoms. The SMILES string of the molecule is CCN(C)C(=O)Oc1ccc2c(c1)C(N(C)C)COC2. The van der Waals surface area contributed by atoms with E-state index in [2.05, 4.69) is 4.90 Å². The first-order valence-corrected chi connectivity index (χ1v) is 6.83. The average Bonchev–Trinajstić information content (AvgIpc) is 2.45. The first-order chi connectivity index (χ1) is 9.52. The standard InChI is InChI=1S/C15H22N2O3/c1-5-17(4)15(18)20-12-7-6-11-9-19-10-14(16(2)3)13(11)8-12/h6-8,14H,5,9-10H2,1-4H3. The minimum absolute atomic E-state index is 0.196. The molecular formula is C15H22N2O3. The van der Waals surface area contributed by atoms with Gasteiger partial charge >= 0.3 is 6.09 Å². The lowest BCUT2D eigenvalue weighted by atomic mass is 9.98. The number of rotatable bonds is 3. The van der Waals surface area contributed by atoms with Crippen molar-refractivity contribution >= 4 is 6.09 Å². The zero-order chi connectivity index (χ0) is 14.7. The number of benzene rings is 1. The predicted molar refractivity (Wildman–Crippen MR) is 76.9 cm³/mol. The Balaban J connectivity index is 2.21. The van der Waals surface area contributed by atoms with Crippen LogP contribution in [0.3, 0.4) is 0 Å². The Morgan fingerprint density at radius 1 is 1.40 bits per heavy atom. The van der Waals surface area contributed by atoms with Crippen molar-refractivity contribution in [3.8, 4) is 5.75 Å². The third-order valence-electron chi connectivity index (χ3n) is 3.62. The van der Waals surface area contributed by atoms with E-state index in [1.54, 1.807) is 7.05 Å². The zero-order valence-electron chi connectivity index (χ0n) is 12.5. The molecule has 0 saturated carbocycles. The van der Waals surface area contributed by atoms with Crippen LogP contribution in [0.1, 0.15) is 24.1 Å². The molecule has 0 bridgehead atoms. The van der Waals surface area contributed by atoms with Crippen molar-refractivity contribution in [2.45, 2.75) is 19.6 Å². The molecule has 1 aliphatic rings. The number of carbonyl (C=O) groups is 1. The van der Waals surface area contributed by atoms with E-state index in [0.29, 0.717) is 25.5 Å². The number of ether oxygens (including phenoxy) is 2. The number of nitrogens with zero attached hydrogens (tertiary/aromatic N) is 2. The number of fused-ring (bicyclic) bond motifs is 1. The molecule has 5 nitrogen and oxygen atoms in total. The van der Waals surface area contributed by atoms with Crippen LogP contribution in [-0.4, -0.2) is 50.2 Å². The van der Waals surface area contributed by atoms with Gasteiger partial charge in [0.15, 0.2) is 0 Å². The Kier molecular flexibility index (Phi) is 4.62. The van der Waals surface area contributed by atoms with Crippen LogP contribution in [0.5, 0.6) is 5.75 Å². The molecular weight excluding hydrogens is 256 g/mol. The molecule has 1 amide bonds. The van der Waals surface area contributed by atoms with Gasteiger partial charge in [0.05, 0.1) is 19.3 Å². The normalized spacial score (nSPS) is 17.8. The molecule has 1 aromatic carbocycles. The van der Waals surface area contributed by atoms with Crippen molar-refractivity contribution in [1.82, 2.24) is 9.80 Å². The van der Waals surface area contributed by atoms with Gasteiger partial charge in [0, 0.05) is 13.6 Å². The maximum atomic E-state index is 11.8. The van der Waals surface area contributed by atoms with Gasteiger partial charge < -0.3 is 19.3 Å². The molecule has 1 unspecified atom stereocenters. The zero-order valence-corrected chi connectivity index (χ0v) is 12.5. The smallest absolute Gasteiger partial charge is 0.410 e. The van der Waals surface area contributed by atoms with Crippen molar-refractivity contribution in [2.75, 3.05) is 34.3 Å². The van der Waals surface area contributed by atoms with Crippen LogP contribution in [-0.2, 0) is 11.3 Å². The topological polar surface area (TPSA) is 42.0 Å². The van der Waals surface area contributed by atoms with E-state index in [1.807, 2.05) is 39.2 Å². The lowest BCUT2D eigenvalue weighted by Gasteiger charge is -2.31. The molecule has 0 aromatic heterocycles. The van der Waals surface area contributed by atoms with Crippen LogP contribution in [0.25, 0.3) is 0 Å². The molecule has 110 valence electrons. The minimum Gasteiger partial charge on any atom is -0.410 e. The Morgan fingerprint density at radius 2 is 2.15 bits per heavy atom. The molecule has 1 aliphatic heterocycles. The summed E-state index contributed by atoms with van der Waals surface area (Å²) in [5.41, 5.74) is 2.32. The lowest BCUT2D eigenvalue weighted by Crippen LogP contribution is -2.30. The summed E-state index contributed by atoms with van der Waals surface area (Å²) in [7, 11) is 5.76. The molecule has 5 heteroatoms. The molecule has 0 spiro atoms. The molecule has 2 rings (SSSR count). The van der Waals surface area contributed by atoms with Gasteiger partial charge in [-0.2, -0.15) is 0 Å². The number of carbonyl (C=O) groups excluding carboxylic acids is 1. The van der Waals surface area contributed by atoms with Crippen molar-refractivity contribution < 1.29 is 14.3 Å². The van der Waals surface area contributed by atoms with Crippen LogP contribution >= 0.6 is 0 Å². The summed E-state index contributed by atoms with van der Waals surface area (Å²) in [6.07, 6.45) is -0.332. The predicted octanol–water partition coefficient (Wildman–Crippen LogP) is 2.27. The van der Waals surface area contributed by atoms with E-state index in [1.165, 1.54) is 10.5 Å². The van der Waals surface area contributed by atoms with Crippen LogP contribution in [0.4, 0.5) is 4.79 Å². The number of amides is 1. The van der Waals surface area contributed by atoms with E-state index in [9.17, 15) is 4.79 Å². The minimum atomic E-state index is -0.332. The summed E-state index contributed by atoms with van der Waals surface area (Å²) in [5.74, 6) is 0.586. The third-order valence-corrected chi connectivity index (χ3v) is 3.62. The monoisotopic (exact) mass is 278 g/mol. The van der Waals surface area contributed by atoms with Crippen LogP contribution in [0.2, 0.25) is 0 Å².